The molecule has 0 aliphatic rings. The van der Waals surface area contributed by atoms with E-state index in [1.54, 1.807) is 6.92 Å². The first-order valence-corrected chi connectivity index (χ1v) is 9.47. The Morgan fingerprint density at radius 1 is 1.38 bits per heavy atom. The van der Waals surface area contributed by atoms with E-state index in [0.717, 1.165) is 21.2 Å². The molecule has 0 spiro atoms. The number of carbonyl (C=O) groups excluding carboxylic acids is 1. The summed E-state index contributed by atoms with van der Waals surface area (Å²) in [5.41, 5.74) is 1.03. The Hall–Kier alpha value is -2.07. The van der Waals surface area contributed by atoms with Crippen molar-refractivity contribution >= 4 is 28.9 Å². The Kier molecular flexibility index (Phi) is 5.24. The number of thioether (sulfide) groups is 1. The lowest BCUT2D eigenvalue weighted by Gasteiger charge is -2.12. The van der Waals surface area contributed by atoms with Crippen molar-refractivity contribution in [2.75, 3.05) is 5.75 Å². The van der Waals surface area contributed by atoms with Crippen LogP contribution in [0, 0.1) is 13.8 Å². The highest BCUT2D eigenvalue weighted by Gasteiger charge is 2.30. The molecule has 3 heterocycles. The largest absolute Gasteiger partial charge is 0.406 e. The third-order valence-corrected chi connectivity index (χ3v) is 5.49. The molecule has 0 saturated carbocycles. The second-order valence-electron chi connectivity index (χ2n) is 5.64. The van der Waals surface area contributed by atoms with Gasteiger partial charge in [-0.2, -0.15) is 13.2 Å². The molecule has 0 saturated heterocycles. The number of aromatic amines is 1. The monoisotopic (exact) mass is 400 g/mol. The Bertz CT molecular complexity index is 913. The fraction of sp³-hybridized carbons (Fsp3) is 0.312. The van der Waals surface area contributed by atoms with Gasteiger partial charge in [-0.05, 0) is 31.4 Å². The van der Waals surface area contributed by atoms with Crippen molar-refractivity contribution in [3.63, 3.8) is 0 Å². The number of thiophene rings is 1. The van der Waals surface area contributed by atoms with Gasteiger partial charge in [-0.3, -0.25) is 9.89 Å². The SMILES string of the molecule is Cc1cc(C(=O)CSc2n[nH]c(-c3cccs3)n2)c(C)n1CC(F)(F)F. The molecule has 1 N–H and O–H groups in total. The molecular formula is C16H15F3N4OS2. The van der Waals surface area contributed by atoms with E-state index in [4.69, 9.17) is 0 Å². The highest BCUT2D eigenvalue weighted by atomic mass is 32.2. The molecule has 0 aliphatic heterocycles. The number of hydrogen-bond donors (Lipinski definition) is 1. The summed E-state index contributed by atoms with van der Waals surface area (Å²) in [4.78, 5) is 17.7. The van der Waals surface area contributed by atoms with Crippen LogP contribution in [0.15, 0.2) is 28.7 Å². The number of halogens is 3. The van der Waals surface area contributed by atoms with Crippen molar-refractivity contribution < 1.29 is 18.0 Å². The van der Waals surface area contributed by atoms with E-state index in [0.29, 0.717) is 27.9 Å². The number of aryl methyl sites for hydroxylation is 1. The minimum atomic E-state index is -4.33. The molecule has 0 unspecified atom stereocenters. The highest BCUT2D eigenvalue weighted by Crippen LogP contribution is 2.26. The maximum Gasteiger partial charge on any atom is 0.406 e. The topological polar surface area (TPSA) is 63.6 Å². The number of hydrogen-bond acceptors (Lipinski definition) is 5. The number of carbonyl (C=O) groups is 1. The molecule has 3 aromatic rings. The summed E-state index contributed by atoms with van der Waals surface area (Å²) in [6.45, 7) is 1.99. The lowest BCUT2D eigenvalue weighted by molar-refractivity contribution is -0.141. The predicted octanol–water partition coefficient (Wildman–Crippen LogP) is 4.49. The molecule has 0 fully saturated rings. The van der Waals surface area contributed by atoms with Gasteiger partial charge in [0.25, 0.3) is 0 Å². The number of ketones is 1. The lowest BCUT2D eigenvalue weighted by Crippen LogP contribution is -2.19. The van der Waals surface area contributed by atoms with E-state index < -0.39 is 12.7 Å². The molecule has 0 aromatic carbocycles. The van der Waals surface area contributed by atoms with Gasteiger partial charge in [-0.25, -0.2) is 4.98 Å². The van der Waals surface area contributed by atoms with Crippen LogP contribution in [-0.2, 0) is 6.54 Å². The van der Waals surface area contributed by atoms with Crippen molar-refractivity contribution in [2.24, 2.45) is 0 Å². The maximum absolute atomic E-state index is 12.7. The van der Waals surface area contributed by atoms with E-state index in [9.17, 15) is 18.0 Å². The van der Waals surface area contributed by atoms with Gasteiger partial charge in [-0.15, -0.1) is 16.4 Å². The molecule has 5 nitrogen and oxygen atoms in total. The zero-order valence-corrected chi connectivity index (χ0v) is 15.6. The van der Waals surface area contributed by atoms with Gasteiger partial charge in [0.05, 0.1) is 10.6 Å². The van der Waals surface area contributed by atoms with Crippen LogP contribution in [-0.4, -0.2) is 37.5 Å². The van der Waals surface area contributed by atoms with Crippen molar-refractivity contribution in [1.82, 2.24) is 19.7 Å². The van der Waals surface area contributed by atoms with E-state index in [1.165, 1.54) is 24.3 Å². The number of Topliss-reactive ketones (excluding diaryl/α,β-unsaturated/α-hetero) is 1. The first-order chi connectivity index (χ1) is 12.2. The summed E-state index contributed by atoms with van der Waals surface area (Å²) in [5, 5.41) is 9.21. The minimum Gasteiger partial charge on any atom is -0.339 e. The van der Waals surface area contributed by atoms with Gasteiger partial charge in [-0.1, -0.05) is 17.8 Å². The van der Waals surface area contributed by atoms with Gasteiger partial charge in [0, 0.05) is 17.0 Å². The third kappa shape index (κ3) is 4.18. The van der Waals surface area contributed by atoms with Crippen LogP contribution in [0.5, 0.6) is 0 Å². The Balaban J connectivity index is 1.68. The molecule has 0 amide bonds. The Labute approximate surface area is 155 Å². The second-order valence-corrected chi connectivity index (χ2v) is 7.53. The van der Waals surface area contributed by atoms with Gasteiger partial charge >= 0.3 is 6.18 Å². The smallest absolute Gasteiger partial charge is 0.339 e. The van der Waals surface area contributed by atoms with Crippen LogP contribution in [0.2, 0.25) is 0 Å². The maximum atomic E-state index is 12.7. The first-order valence-electron chi connectivity index (χ1n) is 7.60. The average molecular weight is 400 g/mol. The van der Waals surface area contributed by atoms with E-state index in [-0.39, 0.29) is 11.5 Å². The van der Waals surface area contributed by atoms with Crippen molar-refractivity contribution in [2.45, 2.75) is 31.7 Å². The van der Waals surface area contributed by atoms with Crippen LogP contribution in [0.1, 0.15) is 21.7 Å². The van der Waals surface area contributed by atoms with Gasteiger partial charge in [0.1, 0.15) is 6.54 Å². The lowest BCUT2D eigenvalue weighted by atomic mass is 10.2. The summed E-state index contributed by atoms with van der Waals surface area (Å²) < 4.78 is 39.1. The fourth-order valence-electron chi connectivity index (χ4n) is 2.55. The zero-order valence-electron chi connectivity index (χ0n) is 13.9. The van der Waals surface area contributed by atoms with Crippen LogP contribution < -0.4 is 0 Å². The highest BCUT2D eigenvalue weighted by molar-refractivity contribution is 7.99. The fourth-order valence-corrected chi connectivity index (χ4v) is 3.89. The molecule has 10 heteroatoms. The van der Waals surface area contributed by atoms with Gasteiger partial charge in [0.2, 0.25) is 5.16 Å². The molecule has 3 rings (SSSR count). The summed E-state index contributed by atoms with van der Waals surface area (Å²) >= 11 is 2.67. The van der Waals surface area contributed by atoms with Crippen molar-refractivity contribution in [3.8, 4) is 10.7 Å². The first kappa shape index (κ1) is 18.7. The Morgan fingerprint density at radius 3 is 2.81 bits per heavy atom. The zero-order chi connectivity index (χ0) is 18.9. The van der Waals surface area contributed by atoms with Crippen LogP contribution in [0.4, 0.5) is 13.2 Å². The number of alkyl halides is 3. The number of nitrogens with zero attached hydrogens (tertiary/aromatic N) is 3. The summed E-state index contributed by atoms with van der Waals surface area (Å²) in [7, 11) is 0. The summed E-state index contributed by atoms with van der Waals surface area (Å²) in [5.74, 6) is 0.426. The Morgan fingerprint density at radius 2 is 2.15 bits per heavy atom. The molecule has 3 aromatic heterocycles. The average Bonchev–Trinajstić information content (AvgIpc) is 3.28. The number of aromatic nitrogens is 4. The third-order valence-electron chi connectivity index (χ3n) is 3.76. The minimum absolute atomic E-state index is 0.0536. The number of nitrogens with one attached hydrogen (secondary N) is 1. The van der Waals surface area contributed by atoms with E-state index >= 15 is 0 Å². The molecule has 0 aliphatic carbocycles. The van der Waals surface area contributed by atoms with E-state index in [2.05, 4.69) is 15.2 Å². The van der Waals surface area contributed by atoms with Crippen molar-refractivity contribution in [3.05, 3.63) is 40.5 Å². The number of H-pyrrole nitrogens is 1. The van der Waals surface area contributed by atoms with Crippen LogP contribution >= 0.6 is 23.1 Å². The van der Waals surface area contributed by atoms with Crippen LogP contribution in [0.3, 0.4) is 0 Å². The van der Waals surface area contributed by atoms with E-state index in [1.807, 2.05) is 17.5 Å². The quantitative estimate of drug-likeness (QED) is 0.489. The normalized spacial score (nSPS) is 11.9. The molecule has 0 atom stereocenters. The molecule has 0 radical (unpaired) electrons. The number of rotatable bonds is 6. The second kappa shape index (κ2) is 7.28. The molecule has 0 bridgehead atoms. The van der Waals surface area contributed by atoms with Crippen LogP contribution in [0.25, 0.3) is 10.7 Å². The summed E-state index contributed by atoms with van der Waals surface area (Å²) in [6.07, 6.45) is -4.33. The van der Waals surface area contributed by atoms with Gasteiger partial charge < -0.3 is 4.57 Å². The molecule has 138 valence electrons. The molecular weight excluding hydrogens is 385 g/mol. The molecule has 26 heavy (non-hydrogen) atoms. The predicted molar refractivity (Wildman–Crippen MR) is 94.7 cm³/mol. The van der Waals surface area contributed by atoms with Crippen molar-refractivity contribution in [1.29, 1.82) is 0 Å². The van der Waals surface area contributed by atoms with Gasteiger partial charge in [0.15, 0.2) is 11.6 Å². The summed E-state index contributed by atoms with van der Waals surface area (Å²) in [6, 6.07) is 5.30. The standard InChI is InChI=1S/C16H15F3N4OS2/c1-9-6-11(10(2)23(9)8-16(17,18)19)12(24)7-26-15-20-14(21-22-15)13-4-3-5-25-13/h3-6H,7-8H2,1-2H3,(H,20,21,22).